The van der Waals surface area contributed by atoms with Crippen LogP contribution in [0.3, 0.4) is 0 Å². The van der Waals surface area contributed by atoms with E-state index in [1.165, 1.54) is 5.56 Å². The van der Waals surface area contributed by atoms with Crippen LogP contribution in [0.4, 0.5) is 0 Å². The zero-order valence-electron chi connectivity index (χ0n) is 11.7. The number of aliphatic hydroxyl groups is 1. The Morgan fingerprint density at radius 3 is 2.30 bits per heavy atom. The molecule has 20 heavy (non-hydrogen) atoms. The zero-order valence-corrected chi connectivity index (χ0v) is 12.5. The average Bonchev–Trinajstić information content (AvgIpc) is 2.48. The molecule has 2 nitrogen and oxygen atoms in total. The molecule has 0 radical (unpaired) electrons. The van der Waals surface area contributed by atoms with E-state index in [1.807, 2.05) is 30.3 Å². The highest BCUT2D eigenvalue weighted by Gasteiger charge is 2.16. The van der Waals surface area contributed by atoms with E-state index < -0.39 is 6.10 Å². The number of nitrogens with two attached hydrogens (primary N) is 1. The van der Waals surface area contributed by atoms with E-state index in [4.69, 9.17) is 5.73 Å². The van der Waals surface area contributed by atoms with E-state index in [-0.39, 0.29) is 18.4 Å². The van der Waals surface area contributed by atoms with Crippen LogP contribution in [0.1, 0.15) is 31.4 Å². The van der Waals surface area contributed by atoms with Crippen molar-refractivity contribution >= 4 is 12.4 Å². The zero-order chi connectivity index (χ0) is 13.7. The Bertz CT molecular complexity index is 515. The Morgan fingerprint density at radius 1 is 1.00 bits per heavy atom. The maximum absolute atomic E-state index is 10.0. The van der Waals surface area contributed by atoms with Gasteiger partial charge in [0, 0.05) is 0 Å². The van der Waals surface area contributed by atoms with Gasteiger partial charge < -0.3 is 10.8 Å². The van der Waals surface area contributed by atoms with Gasteiger partial charge in [0.05, 0.1) is 12.1 Å². The first kappa shape index (κ1) is 16.7. The van der Waals surface area contributed by atoms with Gasteiger partial charge in [0.2, 0.25) is 0 Å². The van der Waals surface area contributed by atoms with Gasteiger partial charge in [-0.2, -0.15) is 0 Å². The van der Waals surface area contributed by atoms with Crippen LogP contribution in [0.25, 0.3) is 11.1 Å². The molecule has 3 heteroatoms. The lowest BCUT2D eigenvalue weighted by atomic mass is 9.95. The minimum Gasteiger partial charge on any atom is -0.391 e. The summed E-state index contributed by atoms with van der Waals surface area (Å²) in [6, 6.07) is 18.0. The molecule has 0 heterocycles. The normalized spacial score (nSPS) is 13.3. The van der Waals surface area contributed by atoms with Gasteiger partial charge in [-0.05, 0) is 29.2 Å². The predicted molar refractivity (Wildman–Crippen MR) is 87.0 cm³/mol. The molecular weight excluding hydrogens is 270 g/mol. The highest BCUT2D eigenvalue weighted by molar-refractivity contribution is 5.85. The third kappa shape index (κ3) is 4.07. The summed E-state index contributed by atoms with van der Waals surface area (Å²) in [5.41, 5.74) is 9.41. The minimum absolute atomic E-state index is 0. The van der Waals surface area contributed by atoms with E-state index in [0.717, 1.165) is 24.0 Å². The van der Waals surface area contributed by atoms with Crippen molar-refractivity contribution in [2.45, 2.75) is 31.9 Å². The second-order valence-corrected chi connectivity index (χ2v) is 4.87. The predicted octanol–water partition coefficient (Wildman–Crippen LogP) is 3.94. The van der Waals surface area contributed by atoms with Gasteiger partial charge in [0.15, 0.2) is 0 Å². The van der Waals surface area contributed by atoms with Gasteiger partial charge in [-0.15, -0.1) is 12.4 Å². The number of benzene rings is 2. The van der Waals surface area contributed by atoms with E-state index >= 15 is 0 Å². The molecule has 0 saturated carbocycles. The Kier molecular flexibility index (Phi) is 6.73. The summed E-state index contributed by atoms with van der Waals surface area (Å²) in [6.07, 6.45) is 1.19. The molecule has 0 fully saturated rings. The SMILES string of the molecule is CCC[C@@H](O)[C@@H](N)c1cccc(-c2ccccc2)c1.Cl. The molecule has 2 aromatic carbocycles. The van der Waals surface area contributed by atoms with Crippen LogP contribution in [0.5, 0.6) is 0 Å². The smallest absolute Gasteiger partial charge is 0.0732 e. The molecule has 0 amide bonds. The topological polar surface area (TPSA) is 46.2 Å². The lowest BCUT2D eigenvalue weighted by Crippen LogP contribution is -2.25. The van der Waals surface area contributed by atoms with Crippen molar-refractivity contribution in [1.82, 2.24) is 0 Å². The molecule has 0 bridgehead atoms. The standard InChI is InChI=1S/C17H21NO.ClH/c1-2-7-16(19)17(18)15-11-6-10-14(12-15)13-8-4-3-5-9-13;/h3-6,8-12,16-17,19H,2,7,18H2,1H3;1H/t16-,17+;/m1./s1. The van der Waals surface area contributed by atoms with Crippen LogP contribution in [0.2, 0.25) is 0 Å². The maximum atomic E-state index is 10.0. The molecule has 0 saturated heterocycles. The molecule has 2 rings (SSSR count). The molecular formula is C17H22ClNO. The van der Waals surface area contributed by atoms with Gasteiger partial charge in [-0.25, -0.2) is 0 Å². The molecule has 0 unspecified atom stereocenters. The summed E-state index contributed by atoms with van der Waals surface area (Å²) in [5, 5.41) is 10.0. The lowest BCUT2D eigenvalue weighted by molar-refractivity contribution is 0.134. The van der Waals surface area contributed by atoms with Gasteiger partial charge in [0.25, 0.3) is 0 Å². The molecule has 3 N–H and O–H groups in total. The second-order valence-electron chi connectivity index (χ2n) is 4.87. The van der Waals surface area contributed by atoms with Crippen LogP contribution >= 0.6 is 12.4 Å². The van der Waals surface area contributed by atoms with Crippen molar-refractivity contribution < 1.29 is 5.11 Å². The summed E-state index contributed by atoms with van der Waals surface area (Å²) in [5.74, 6) is 0. The summed E-state index contributed by atoms with van der Waals surface area (Å²) >= 11 is 0. The molecule has 108 valence electrons. The number of halogens is 1. The fourth-order valence-electron chi connectivity index (χ4n) is 2.25. The molecule has 2 atom stereocenters. The Morgan fingerprint density at radius 2 is 1.65 bits per heavy atom. The van der Waals surface area contributed by atoms with Gasteiger partial charge in [0.1, 0.15) is 0 Å². The summed E-state index contributed by atoms with van der Waals surface area (Å²) in [6.45, 7) is 2.05. The van der Waals surface area contributed by atoms with E-state index in [9.17, 15) is 5.11 Å². The highest BCUT2D eigenvalue weighted by atomic mass is 35.5. The van der Waals surface area contributed by atoms with Crippen LogP contribution in [-0.2, 0) is 0 Å². The number of aliphatic hydroxyl groups excluding tert-OH is 1. The van der Waals surface area contributed by atoms with E-state index in [1.54, 1.807) is 0 Å². The largest absolute Gasteiger partial charge is 0.391 e. The average molecular weight is 292 g/mol. The van der Waals surface area contributed by atoms with Crippen molar-refractivity contribution in [3.05, 3.63) is 60.2 Å². The Balaban J connectivity index is 0.00000200. The molecule has 0 spiro atoms. The quantitative estimate of drug-likeness (QED) is 0.876. The summed E-state index contributed by atoms with van der Waals surface area (Å²) in [4.78, 5) is 0. The van der Waals surface area contributed by atoms with Crippen LogP contribution in [0.15, 0.2) is 54.6 Å². The van der Waals surface area contributed by atoms with Crippen molar-refractivity contribution in [1.29, 1.82) is 0 Å². The van der Waals surface area contributed by atoms with Crippen LogP contribution in [-0.4, -0.2) is 11.2 Å². The Hall–Kier alpha value is -1.35. The first-order chi connectivity index (χ1) is 9.22. The minimum atomic E-state index is -0.476. The molecule has 0 aliphatic rings. The number of hydrogen-bond donors (Lipinski definition) is 2. The number of hydrogen-bond acceptors (Lipinski definition) is 2. The van der Waals surface area contributed by atoms with Gasteiger partial charge in [-0.1, -0.05) is 61.9 Å². The third-order valence-electron chi connectivity index (χ3n) is 3.38. The van der Waals surface area contributed by atoms with E-state index in [0.29, 0.717) is 0 Å². The molecule has 0 aliphatic carbocycles. The van der Waals surface area contributed by atoms with Crippen LogP contribution < -0.4 is 5.73 Å². The third-order valence-corrected chi connectivity index (χ3v) is 3.38. The van der Waals surface area contributed by atoms with Crippen molar-refractivity contribution in [2.24, 2.45) is 5.73 Å². The van der Waals surface area contributed by atoms with E-state index in [2.05, 4.69) is 31.2 Å². The lowest BCUT2D eigenvalue weighted by Gasteiger charge is -2.19. The van der Waals surface area contributed by atoms with Crippen molar-refractivity contribution in [3.63, 3.8) is 0 Å². The number of rotatable bonds is 5. The first-order valence-corrected chi connectivity index (χ1v) is 6.81. The van der Waals surface area contributed by atoms with Crippen molar-refractivity contribution in [3.8, 4) is 11.1 Å². The fourth-order valence-corrected chi connectivity index (χ4v) is 2.25. The Labute approximate surface area is 127 Å². The van der Waals surface area contributed by atoms with Gasteiger partial charge in [-0.3, -0.25) is 0 Å². The summed E-state index contributed by atoms with van der Waals surface area (Å²) < 4.78 is 0. The molecule has 2 aromatic rings. The highest BCUT2D eigenvalue weighted by Crippen LogP contribution is 2.24. The van der Waals surface area contributed by atoms with Crippen LogP contribution in [0, 0.1) is 0 Å². The second kappa shape index (κ2) is 8.05. The maximum Gasteiger partial charge on any atom is 0.0732 e. The monoisotopic (exact) mass is 291 g/mol. The molecule has 0 aromatic heterocycles. The first-order valence-electron chi connectivity index (χ1n) is 6.81. The van der Waals surface area contributed by atoms with Crippen molar-refractivity contribution in [2.75, 3.05) is 0 Å². The fraction of sp³-hybridized carbons (Fsp3) is 0.294. The van der Waals surface area contributed by atoms with Gasteiger partial charge >= 0.3 is 0 Å². The summed E-state index contributed by atoms with van der Waals surface area (Å²) in [7, 11) is 0. The molecule has 0 aliphatic heterocycles.